The number of hydrogen-bond donors (Lipinski definition) is 1. The Labute approximate surface area is 124 Å². The molecule has 2 aromatic rings. The van der Waals surface area contributed by atoms with Crippen LogP contribution >= 0.6 is 0 Å². The Balaban J connectivity index is 1.71. The van der Waals surface area contributed by atoms with Gasteiger partial charge in [-0.1, -0.05) is 0 Å². The normalized spacial score (nSPS) is 20.0. The van der Waals surface area contributed by atoms with Crippen LogP contribution in [0.5, 0.6) is 0 Å². The minimum absolute atomic E-state index is 0.372. The maximum absolute atomic E-state index is 11.5. The van der Waals surface area contributed by atoms with Crippen molar-refractivity contribution in [3.05, 3.63) is 36.2 Å². The Kier molecular flexibility index (Phi) is 3.77. The second kappa shape index (κ2) is 5.57. The van der Waals surface area contributed by atoms with Gasteiger partial charge in [0.2, 0.25) is 10.0 Å². The number of nitrogens with zero attached hydrogens (tertiary/aromatic N) is 3. The minimum atomic E-state index is -3.06. The molecule has 1 aliphatic rings. The van der Waals surface area contributed by atoms with E-state index >= 15 is 0 Å². The number of pyridine rings is 1. The molecule has 1 aliphatic heterocycles. The van der Waals surface area contributed by atoms with Gasteiger partial charge in [-0.15, -0.1) is 0 Å². The molecule has 0 saturated carbocycles. The smallest absolute Gasteiger partial charge is 0.211 e. The van der Waals surface area contributed by atoms with E-state index in [-0.39, 0.29) is 0 Å². The van der Waals surface area contributed by atoms with Crippen LogP contribution in [0.3, 0.4) is 0 Å². The molecule has 21 heavy (non-hydrogen) atoms. The van der Waals surface area contributed by atoms with Gasteiger partial charge in [0, 0.05) is 25.5 Å². The molecule has 0 radical (unpaired) electrons. The first-order valence-corrected chi connectivity index (χ1v) is 8.77. The minimum Gasteiger partial charge on any atom is -0.276 e. The van der Waals surface area contributed by atoms with Gasteiger partial charge in [0.15, 0.2) is 0 Å². The molecule has 1 N–H and O–H groups in total. The number of sulfonamides is 1. The molecule has 1 unspecified atom stereocenters. The predicted octanol–water partition coefficient (Wildman–Crippen LogP) is 1.30. The van der Waals surface area contributed by atoms with Crippen molar-refractivity contribution < 1.29 is 8.42 Å². The largest absolute Gasteiger partial charge is 0.276 e. The zero-order valence-corrected chi connectivity index (χ0v) is 12.7. The molecule has 3 rings (SSSR count). The standard InChI is InChI=1S/C14H18N4O2S/c1-21(19,20)18-7-4-12(10-18)8-11-2-5-15-14(9-11)13-3-6-16-17-13/h2-3,5-6,9,12H,4,7-8,10H2,1H3,(H,16,17). The summed E-state index contributed by atoms with van der Waals surface area (Å²) in [6, 6.07) is 5.91. The summed E-state index contributed by atoms with van der Waals surface area (Å²) in [7, 11) is -3.06. The Bertz CT molecular complexity index is 712. The van der Waals surface area contributed by atoms with Crippen LogP contribution in [0.4, 0.5) is 0 Å². The van der Waals surface area contributed by atoms with Gasteiger partial charge in [-0.25, -0.2) is 12.7 Å². The van der Waals surface area contributed by atoms with Gasteiger partial charge in [0.1, 0.15) is 0 Å². The van der Waals surface area contributed by atoms with Crippen molar-refractivity contribution in [3.8, 4) is 11.4 Å². The van der Waals surface area contributed by atoms with E-state index in [0.29, 0.717) is 19.0 Å². The lowest BCUT2D eigenvalue weighted by atomic mass is 9.99. The average molecular weight is 306 g/mol. The maximum Gasteiger partial charge on any atom is 0.211 e. The van der Waals surface area contributed by atoms with Crippen molar-refractivity contribution in [1.82, 2.24) is 19.5 Å². The van der Waals surface area contributed by atoms with E-state index < -0.39 is 10.0 Å². The van der Waals surface area contributed by atoms with Crippen LogP contribution in [-0.4, -0.2) is 47.2 Å². The molecule has 0 aromatic carbocycles. The van der Waals surface area contributed by atoms with Gasteiger partial charge >= 0.3 is 0 Å². The highest BCUT2D eigenvalue weighted by molar-refractivity contribution is 7.88. The lowest BCUT2D eigenvalue weighted by Crippen LogP contribution is -2.27. The zero-order chi connectivity index (χ0) is 14.9. The van der Waals surface area contributed by atoms with Gasteiger partial charge < -0.3 is 0 Å². The van der Waals surface area contributed by atoms with Crippen molar-refractivity contribution in [2.24, 2.45) is 5.92 Å². The van der Waals surface area contributed by atoms with Crippen LogP contribution in [0.15, 0.2) is 30.6 Å². The third-order valence-electron chi connectivity index (χ3n) is 3.84. The zero-order valence-electron chi connectivity index (χ0n) is 11.9. The third kappa shape index (κ3) is 3.30. The monoisotopic (exact) mass is 306 g/mol. The Hall–Kier alpha value is -1.73. The molecule has 112 valence electrons. The van der Waals surface area contributed by atoms with E-state index in [0.717, 1.165) is 24.2 Å². The first-order chi connectivity index (χ1) is 10.0. The Morgan fingerprint density at radius 3 is 2.90 bits per heavy atom. The molecule has 0 spiro atoms. The van der Waals surface area contributed by atoms with Crippen LogP contribution in [0.25, 0.3) is 11.4 Å². The topological polar surface area (TPSA) is 79.0 Å². The summed E-state index contributed by atoms with van der Waals surface area (Å²) in [5, 5.41) is 6.83. The molecule has 0 amide bonds. The molecule has 0 bridgehead atoms. The van der Waals surface area contributed by atoms with Crippen molar-refractivity contribution in [2.45, 2.75) is 12.8 Å². The molecule has 1 fully saturated rings. The fourth-order valence-corrected chi connectivity index (χ4v) is 3.66. The molecule has 0 aliphatic carbocycles. The fraction of sp³-hybridized carbons (Fsp3) is 0.429. The van der Waals surface area contributed by atoms with Crippen LogP contribution < -0.4 is 0 Å². The highest BCUT2D eigenvalue weighted by Gasteiger charge is 2.28. The lowest BCUT2D eigenvalue weighted by Gasteiger charge is -2.13. The van der Waals surface area contributed by atoms with Crippen molar-refractivity contribution in [2.75, 3.05) is 19.3 Å². The number of nitrogens with one attached hydrogen (secondary N) is 1. The van der Waals surface area contributed by atoms with Crippen LogP contribution in [0.2, 0.25) is 0 Å². The van der Waals surface area contributed by atoms with E-state index in [1.54, 1.807) is 16.7 Å². The summed E-state index contributed by atoms with van der Waals surface area (Å²) in [4.78, 5) is 4.33. The summed E-state index contributed by atoms with van der Waals surface area (Å²) in [6.45, 7) is 1.24. The second-order valence-electron chi connectivity index (χ2n) is 5.50. The lowest BCUT2D eigenvalue weighted by molar-refractivity contribution is 0.460. The molecule has 6 nitrogen and oxygen atoms in total. The van der Waals surface area contributed by atoms with E-state index in [2.05, 4.69) is 15.2 Å². The number of H-pyrrole nitrogens is 1. The average Bonchev–Trinajstić information content (AvgIpc) is 3.09. The molecule has 2 aromatic heterocycles. The summed E-state index contributed by atoms with van der Waals surface area (Å²) in [5.74, 6) is 0.372. The quantitative estimate of drug-likeness (QED) is 0.923. The molecule has 1 saturated heterocycles. The van der Waals surface area contributed by atoms with Gasteiger partial charge in [0.05, 0.1) is 17.6 Å². The highest BCUT2D eigenvalue weighted by atomic mass is 32.2. The van der Waals surface area contributed by atoms with Crippen LogP contribution in [-0.2, 0) is 16.4 Å². The van der Waals surface area contributed by atoms with Crippen molar-refractivity contribution >= 4 is 10.0 Å². The third-order valence-corrected chi connectivity index (χ3v) is 5.11. The first kappa shape index (κ1) is 14.2. The number of rotatable bonds is 4. The Morgan fingerprint density at radius 2 is 2.24 bits per heavy atom. The first-order valence-electron chi connectivity index (χ1n) is 6.92. The second-order valence-corrected chi connectivity index (χ2v) is 7.48. The van der Waals surface area contributed by atoms with E-state index in [9.17, 15) is 8.42 Å². The van der Waals surface area contributed by atoms with Gasteiger partial charge in [-0.05, 0) is 42.5 Å². The molecular weight excluding hydrogens is 288 g/mol. The van der Waals surface area contributed by atoms with Crippen LogP contribution in [0.1, 0.15) is 12.0 Å². The highest BCUT2D eigenvalue weighted by Crippen LogP contribution is 2.24. The maximum atomic E-state index is 11.5. The number of aromatic amines is 1. The summed E-state index contributed by atoms with van der Waals surface area (Å²) >= 11 is 0. The van der Waals surface area contributed by atoms with Crippen molar-refractivity contribution in [3.63, 3.8) is 0 Å². The van der Waals surface area contributed by atoms with Gasteiger partial charge in [0.25, 0.3) is 0 Å². The van der Waals surface area contributed by atoms with Crippen molar-refractivity contribution in [1.29, 1.82) is 0 Å². The van der Waals surface area contributed by atoms with E-state index in [4.69, 9.17) is 0 Å². The molecule has 3 heterocycles. The van der Waals surface area contributed by atoms with Gasteiger partial charge in [-0.3, -0.25) is 10.1 Å². The Morgan fingerprint density at radius 1 is 1.38 bits per heavy atom. The number of aromatic nitrogens is 3. The summed E-state index contributed by atoms with van der Waals surface area (Å²) in [5.41, 5.74) is 2.93. The molecule has 7 heteroatoms. The molecular formula is C14H18N4O2S. The van der Waals surface area contributed by atoms with E-state index in [1.807, 2.05) is 18.2 Å². The number of hydrogen-bond acceptors (Lipinski definition) is 4. The van der Waals surface area contributed by atoms with Gasteiger partial charge in [-0.2, -0.15) is 5.10 Å². The molecule has 1 atom stereocenters. The van der Waals surface area contributed by atoms with E-state index in [1.165, 1.54) is 11.8 Å². The summed E-state index contributed by atoms with van der Waals surface area (Å²) < 4.78 is 24.7. The predicted molar refractivity (Wildman–Crippen MR) is 80.0 cm³/mol. The SMILES string of the molecule is CS(=O)(=O)N1CCC(Cc2ccnc(-c3ccn[nH]3)c2)C1. The fourth-order valence-electron chi connectivity index (χ4n) is 2.75. The summed E-state index contributed by atoms with van der Waals surface area (Å²) in [6.07, 6.45) is 6.54. The van der Waals surface area contributed by atoms with Crippen LogP contribution in [0, 0.1) is 5.92 Å².